The molecule has 46 heavy (non-hydrogen) atoms. The number of nitrogens with one attached hydrogen (secondary N) is 1. The lowest BCUT2D eigenvalue weighted by molar-refractivity contribution is -0.131. The van der Waals surface area contributed by atoms with Crippen molar-refractivity contribution in [1.82, 2.24) is 5.32 Å². The van der Waals surface area contributed by atoms with E-state index in [0.29, 0.717) is 6.42 Å². The van der Waals surface area contributed by atoms with Gasteiger partial charge in [0.05, 0.1) is 18.8 Å². The zero-order valence-corrected chi connectivity index (χ0v) is 30.5. The highest BCUT2D eigenvalue weighted by Gasteiger charge is 2.22. The summed E-state index contributed by atoms with van der Waals surface area (Å²) in [6.45, 7) is 4.10. The summed E-state index contributed by atoms with van der Waals surface area (Å²) >= 11 is 0. The second kappa shape index (κ2) is 36.4. The van der Waals surface area contributed by atoms with Crippen LogP contribution in [-0.2, 0) is 4.79 Å². The van der Waals surface area contributed by atoms with Crippen LogP contribution in [0.2, 0.25) is 0 Å². The molecule has 0 aromatic carbocycles. The lowest BCUT2D eigenvalue weighted by Gasteiger charge is -2.21. The molecule has 0 radical (unpaired) electrons. The fourth-order valence-corrected chi connectivity index (χ4v) is 5.77. The highest BCUT2D eigenvalue weighted by Crippen LogP contribution is 2.15. The molecule has 270 valence electrons. The van der Waals surface area contributed by atoms with Crippen molar-refractivity contribution >= 4 is 5.91 Å². The van der Waals surface area contributed by atoms with Crippen molar-refractivity contribution < 1.29 is 20.1 Å². The van der Waals surface area contributed by atoms with Gasteiger partial charge in [0, 0.05) is 0 Å². The molecule has 0 saturated carbocycles. The maximum absolute atomic E-state index is 12.3. The summed E-state index contributed by atoms with van der Waals surface area (Å²) in [5.74, 6) is -0.529. The number of unbranched alkanes of at least 4 members (excludes halogenated alkanes) is 23. The number of carbonyl (C=O) groups is 1. The van der Waals surface area contributed by atoms with Gasteiger partial charge in [-0.05, 0) is 51.4 Å². The van der Waals surface area contributed by atoms with E-state index >= 15 is 0 Å². The minimum atomic E-state index is -1.12. The second-order valence-electron chi connectivity index (χ2n) is 13.5. The summed E-state index contributed by atoms with van der Waals surface area (Å²) in [7, 11) is 0. The van der Waals surface area contributed by atoms with Crippen LogP contribution in [0, 0.1) is 0 Å². The Hall–Kier alpha value is -1.43. The molecule has 3 unspecified atom stereocenters. The van der Waals surface area contributed by atoms with Gasteiger partial charge in [-0.1, -0.05) is 179 Å². The molecule has 0 spiro atoms. The molecule has 4 N–H and O–H groups in total. The van der Waals surface area contributed by atoms with Gasteiger partial charge >= 0.3 is 0 Å². The first-order chi connectivity index (χ1) is 22.6. The van der Waals surface area contributed by atoms with Crippen molar-refractivity contribution in [2.24, 2.45) is 0 Å². The number of aliphatic hydroxyl groups excluding tert-OH is 3. The van der Waals surface area contributed by atoms with Crippen molar-refractivity contribution in [2.75, 3.05) is 6.61 Å². The molecule has 0 heterocycles. The van der Waals surface area contributed by atoms with E-state index in [2.05, 4.69) is 43.5 Å². The summed E-state index contributed by atoms with van der Waals surface area (Å²) in [5.41, 5.74) is 0. The third-order valence-corrected chi connectivity index (χ3v) is 8.95. The van der Waals surface area contributed by atoms with E-state index in [4.69, 9.17) is 0 Å². The Labute approximate surface area is 285 Å². The summed E-state index contributed by atoms with van der Waals surface area (Å²) in [5, 5.41) is 32.8. The topological polar surface area (TPSA) is 89.8 Å². The van der Waals surface area contributed by atoms with Gasteiger partial charge in [-0.2, -0.15) is 0 Å². The van der Waals surface area contributed by atoms with E-state index in [9.17, 15) is 20.1 Å². The van der Waals surface area contributed by atoms with Crippen LogP contribution in [0.25, 0.3) is 0 Å². The van der Waals surface area contributed by atoms with Crippen LogP contribution >= 0.6 is 0 Å². The van der Waals surface area contributed by atoms with Crippen LogP contribution < -0.4 is 5.32 Å². The number of hydrogen-bond donors (Lipinski definition) is 4. The predicted octanol–water partition coefficient (Wildman–Crippen LogP) is 10.8. The van der Waals surface area contributed by atoms with Crippen molar-refractivity contribution in [3.05, 3.63) is 36.5 Å². The van der Waals surface area contributed by atoms with Crippen LogP contribution in [0.15, 0.2) is 36.5 Å². The molecule has 5 nitrogen and oxygen atoms in total. The van der Waals surface area contributed by atoms with Crippen LogP contribution in [0.4, 0.5) is 0 Å². The first kappa shape index (κ1) is 44.6. The highest BCUT2D eigenvalue weighted by atomic mass is 16.3. The van der Waals surface area contributed by atoms with E-state index in [1.165, 1.54) is 122 Å². The van der Waals surface area contributed by atoms with Gasteiger partial charge in [0.1, 0.15) is 6.10 Å². The molecule has 0 aromatic heterocycles. The molecule has 3 atom stereocenters. The summed E-state index contributed by atoms with van der Waals surface area (Å²) < 4.78 is 0. The quantitative estimate of drug-likeness (QED) is 0.0407. The van der Waals surface area contributed by atoms with E-state index in [1.54, 1.807) is 6.08 Å². The van der Waals surface area contributed by atoms with Gasteiger partial charge in [0.25, 0.3) is 0 Å². The molecule has 0 rings (SSSR count). The smallest absolute Gasteiger partial charge is 0.249 e. The van der Waals surface area contributed by atoms with Gasteiger partial charge in [0.2, 0.25) is 5.91 Å². The standard InChI is InChI=1S/C41H77NO4/c1-3-5-7-9-11-13-14-15-16-17-18-19-20-21-22-23-24-25-26-28-29-31-33-35-39(44)38(37-43)42-41(46)40(45)36-34-32-30-27-12-10-8-6-4-2/h10,12,26,28,33,35,38-40,43-45H,3-9,11,13-25,27,29-32,34,36-37H2,1-2H3,(H,42,46)/b12-10-,28-26+,35-33+. The Balaban J connectivity index is 3.70. The molecule has 0 saturated heterocycles. The summed E-state index contributed by atoms with van der Waals surface area (Å²) in [6, 6.07) is -0.818. The second-order valence-corrected chi connectivity index (χ2v) is 13.5. The Morgan fingerprint density at radius 3 is 1.39 bits per heavy atom. The molecule has 5 heteroatoms. The molecule has 0 aliphatic heterocycles. The molecule has 0 aliphatic carbocycles. The lowest BCUT2D eigenvalue weighted by Crippen LogP contribution is -2.48. The number of aliphatic hydroxyl groups is 3. The van der Waals surface area contributed by atoms with Crippen LogP contribution in [0.1, 0.15) is 194 Å². The Morgan fingerprint density at radius 1 is 0.522 bits per heavy atom. The largest absolute Gasteiger partial charge is 0.394 e. The number of carbonyl (C=O) groups excluding carboxylic acids is 1. The molecular formula is C41H77NO4. The van der Waals surface area contributed by atoms with E-state index in [1.807, 2.05) is 6.08 Å². The van der Waals surface area contributed by atoms with Gasteiger partial charge in [-0.15, -0.1) is 0 Å². The average Bonchev–Trinajstić information content (AvgIpc) is 3.06. The van der Waals surface area contributed by atoms with Crippen molar-refractivity contribution in [2.45, 2.75) is 212 Å². The summed E-state index contributed by atoms with van der Waals surface area (Å²) in [6.07, 6.45) is 44.7. The van der Waals surface area contributed by atoms with Crippen molar-refractivity contribution in [3.63, 3.8) is 0 Å². The highest BCUT2D eigenvalue weighted by molar-refractivity contribution is 5.80. The number of amides is 1. The first-order valence-electron chi connectivity index (χ1n) is 19.8. The molecule has 0 aliphatic rings. The van der Waals surface area contributed by atoms with Crippen LogP contribution in [0.5, 0.6) is 0 Å². The van der Waals surface area contributed by atoms with Crippen molar-refractivity contribution in [1.29, 1.82) is 0 Å². The van der Waals surface area contributed by atoms with Crippen molar-refractivity contribution in [3.8, 4) is 0 Å². The van der Waals surface area contributed by atoms with Crippen LogP contribution in [-0.4, -0.2) is 46.1 Å². The number of hydrogen-bond acceptors (Lipinski definition) is 4. The van der Waals surface area contributed by atoms with Gasteiger partial charge < -0.3 is 20.6 Å². The van der Waals surface area contributed by atoms with E-state index in [0.717, 1.165) is 51.4 Å². The van der Waals surface area contributed by atoms with Gasteiger partial charge in [-0.3, -0.25) is 4.79 Å². The Bertz CT molecular complexity index is 719. The third-order valence-electron chi connectivity index (χ3n) is 8.95. The molecule has 0 aromatic rings. The van der Waals surface area contributed by atoms with Gasteiger partial charge in [0.15, 0.2) is 0 Å². The molecule has 0 bridgehead atoms. The maximum atomic E-state index is 12.3. The summed E-state index contributed by atoms with van der Waals surface area (Å²) in [4.78, 5) is 12.3. The zero-order valence-electron chi connectivity index (χ0n) is 30.5. The fourth-order valence-electron chi connectivity index (χ4n) is 5.77. The predicted molar refractivity (Wildman–Crippen MR) is 199 cm³/mol. The molecule has 1 amide bonds. The SMILES string of the molecule is CCCC/C=C\CCCCCC(O)C(=O)NC(CO)C(O)/C=C/CC/C=C/CCCCCCCCCCCCCCCCCCC. The molecule has 0 fully saturated rings. The van der Waals surface area contributed by atoms with E-state index in [-0.39, 0.29) is 6.61 Å². The van der Waals surface area contributed by atoms with Gasteiger partial charge in [-0.25, -0.2) is 0 Å². The fraction of sp³-hybridized carbons (Fsp3) is 0.829. The monoisotopic (exact) mass is 648 g/mol. The third kappa shape index (κ3) is 31.2. The normalized spacial score (nSPS) is 14.1. The zero-order chi connectivity index (χ0) is 33.8. The van der Waals surface area contributed by atoms with E-state index < -0.39 is 24.2 Å². The number of allylic oxidation sites excluding steroid dienone is 5. The first-order valence-corrected chi connectivity index (χ1v) is 19.8. The minimum Gasteiger partial charge on any atom is -0.394 e. The Kier molecular flexibility index (Phi) is 35.3. The minimum absolute atomic E-state index is 0.381. The van der Waals surface area contributed by atoms with Crippen LogP contribution in [0.3, 0.4) is 0 Å². The maximum Gasteiger partial charge on any atom is 0.249 e. The molecular weight excluding hydrogens is 570 g/mol. The lowest BCUT2D eigenvalue weighted by atomic mass is 10.0. The number of rotatable bonds is 35. The Morgan fingerprint density at radius 2 is 0.913 bits per heavy atom. The average molecular weight is 648 g/mol.